The SMILES string of the molecule is CCNCC1CCC(O)(C(F)(F)F)CC1. The molecule has 2 nitrogen and oxygen atoms in total. The summed E-state index contributed by atoms with van der Waals surface area (Å²) in [5, 5.41) is 12.5. The van der Waals surface area contributed by atoms with Crippen molar-refractivity contribution in [1.29, 1.82) is 0 Å². The lowest BCUT2D eigenvalue weighted by Crippen LogP contribution is -2.48. The Bertz CT molecular complexity index is 197. The van der Waals surface area contributed by atoms with E-state index in [1.165, 1.54) is 0 Å². The van der Waals surface area contributed by atoms with Crippen LogP contribution in [0.1, 0.15) is 32.6 Å². The Morgan fingerprint density at radius 1 is 1.33 bits per heavy atom. The highest BCUT2D eigenvalue weighted by Gasteiger charge is 2.54. The van der Waals surface area contributed by atoms with E-state index in [2.05, 4.69) is 5.32 Å². The Kier molecular flexibility index (Phi) is 4.00. The Morgan fingerprint density at radius 3 is 2.27 bits per heavy atom. The van der Waals surface area contributed by atoms with Crippen LogP contribution in [0.2, 0.25) is 0 Å². The van der Waals surface area contributed by atoms with Crippen LogP contribution >= 0.6 is 0 Å². The summed E-state index contributed by atoms with van der Waals surface area (Å²) < 4.78 is 37.3. The number of aliphatic hydroxyl groups is 1. The lowest BCUT2D eigenvalue weighted by molar-refractivity contribution is -0.271. The second kappa shape index (κ2) is 4.70. The van der Waals surface area contributed by atoms with E-state index in [0.29, 0.717) is 12.8 Å². The van der Waals surface area contributed by atoms with Crippen molar-refractivity contribution in [3.8, 4) is 0 Å². The van der Waals surface area contributed by atoms with Gasteiger partial charge in [-0.05, 0) is 44.7 Å². The maximum absolute atomic E-state index is 12.4. The molecular formula is C10H18F3NO. The molecule has 1 fully saturated rings. The van der Waals surface area contributed by atoms with Crippen LogP contribution in [0.25, 0.3) is 0 Å². The van der Waals surface area contributed by atoms with Gasteiger partial charge in [-0.2, -0.15) is 13.2 Å². The summed E-state index contributed by atoms with van der Waals surface area (Å²) in [6.07, 6.45) is -3.90. The molecular weight excluding hydrogens is 207 g/mol. The monoisotopic (exact) mass is 225 g/mol. The number of rotatable bonds is 3. The number of alkyl halides is 3. The fourth-order valence-corrected chi connectivity index (χ4v) is 1.99. The van der Waals surface area contributed by atoms with Crippen molar-refractivity contribution in [1.82, 2.24) is 5.32 Å². The Morgan fingerprint density at radius 2 is 1.87 bits per heavy atom. The van der Waals surface area contributed by atoms with Gasteiger partial charge in [-0.3, -0.25) is 0 Å². The van der Waals surface area contributed by atoms with Crippen LogP contribution in [0.3, 0.4) is 0 Å². The van der Waals surface area contributed by atoms with Gasteiger partial charge in [0, 0.05) is 0 Å². The highest BCUT2D eigenvalue weighted by Crippen LogP contribution is 2.42. The van der Waals surface area contributed by atoms with E-state index in [4.69, 9.17) is 0 Å². The minimum absolute atomic E-state index is 0.160. The number of hydrogen-bond donors (Lipinski definition) is 2. The number of nitrogens with one attached hydrogen (secondary N) is 1. The molecule has 0 spiro atoms. The molecule has 0 aliphatic heterocycles. The lowest BCUT2D eigenvalue weighted by Gasteiger charge is -2.37. The summed E-state index contributed by atoms with van der Waals surface area (Å²) in [6.45, 7) is 3.55. The smallest absolute Gasteiger partial charge is 0.380 e. The molecule has 15 heavy (non-hydrogen) atoms. The van der Waals surface area contributed by atoms with E-state index >= 15 is 0 Å². The van der Waals surface area contributed by atoms with Crippen molar-refractivity contribution in [3.63, 3.8) is 0 Å². The van der Waals surface area contributed by atoms with Crippen molar-refractivity contribution in [2.75, 3.05) is 13.1 Å². The molecule has 0 atom stereocenters. The third-order valence-electron chi connectivity index (χ3n) is 3.14. The molecule has 90 valence electrons. The normalized spacial score (nSPS) is 33.0. The molecule has 0 heterocycles. The number of halogens is 3. The highest BCUT2D eigenvalue weighted by molar-refractivity contribution is 4.91. The first-order valence-electron chi connectivity index (χ1n) is 5.39. The van der Waals surface area contributed by atoms with Crippen LogP contribution in [0.4, 0.5) is 13.2 Å². The molecule has 0 aromatic carbocycles. The summed E-state index contributed by atoms with van der Waals surface area (Å²) in [5.74, 6) is 0.271. The molecule has 0 aromatic rings. The van der Waals surface area contributed by atoms with Crippen LogP contribution in [0.5, 0.6) is 0 Å². The zero-order chi connectivity index (χ0) is 11.5. The largest absolute Gasteiger partial charge is 0.417 e. The van der Waals surface area contributed by atoms with Gasteiger partial charge in [0.05, 0.1) is 0 Å². The van der Waals surface area contributed by atoms with E-state index in [-0.39, 0.29) is 18.8 Å². The molecule has 1 aliphatic rings. The van der Waals surface area contributed by atoms with Crippen molar-refractivity contribution >= 4 is 0 Å². The maximum atomic E-state index is 12.4. The third kappa shape index (κ3) is 3.08. The maximum Gasteiger partial charge on any atom is 0.417 e. The van der Waals surface area contributed by atoms with Crippen molar-refractivity contribution in [2.24, 2.45) is 5.92 Å². The highest BCUT2D eigenvalue weighted by atomic mass is 19.4. The summed E-state index contributed by atoms with van der Waals surface area (Å²) in [5.41, 5.74) is -2.43. The predicted octanol–water partition coefficient (Wildman–Crippen LogP) is 2.08. The molecule has 1 rings (SSSR count). The first kappa shape index (κ1) is 12.8. The average molecular weight is 225 g/mol. The average Bonchev–Trinajstić information content (AvgIpc) is 2.15. The zero-order valence-electron chi connectivity index (χ0n) is 8.90. The van der Waals surface area contributed by atoms with Gasteiger partial charge in [0.25, 0.3) is 0 Å². The van der Waals surface area contributed by atoms with Gasteiger partial charge in [-0.1, -0.05) is 6.92 Å². The minimum atomic E-state index is -4.48. The molecule has 1 aliphatic carbocycles. The van der Waals surface area contributed by atoms with E-state index < -0.39 is 11.8 Å². The summed E-state index contributed by atoms with van der Waals surface area (Å²) >= 11 is 0. The Balaban J connectivity index is 2.41. The second-order valence-corrected chi connectivity index (χ2v) is 4.28. The lowest BCUT2D eigenvalue weighted by atomic mass is 9.78. The standard InChI is InChI=1S/C10H18F3NO/c1-2-14-7-8-3-5-9(15,6-4-8)10(11,12)13/h8,14-15H,2-7H2,1H3. The van der Waals surface area contributed by atoms with Gasteiger partial charge in [-0.25, -0.2) is 0 Å². The molecule has 0 saturated heterocycles. The van der Waals surface area contributed by atoms with Gasteiger partial charge >= 0.3 is 6.18 Å². The van der Waals surface area contributed by atoms with E-state index in [9.17, 15) is 18.3 Å². The zero-order valence-corrected chi connectivity index (χ0v) is 8.90. The van der Waals surface area contributed by atoms with Crippen LogP contribution < -0.4 is 5.32 Å². The van der Waals surface area contributed by atoms with Gasteiger partial charge in [0.2, 0.25) is 0 Å². The molecule has 0 aromatic heterocycles. The molecule has 0 bridgehead atoms. The third-order valence-corrected chi connectivity index (χ3v) is 3.14. The number of hydrogen-bond acceptors (Lipinski definition) is 2. The first-order valence-corrected chi connectivity index (χ1v) is 5.39. The summed E-state index contributed by atoms with van der Waals surface area (Å²) in [7, 11) is 0. The van der Waals surface area contributed by atoms with Gasteiger partial charge in [0.1, 0.15) is 0 Å². The topological polar surface area (TPSA) is 32.3 Å². The van der Waals surface area contributed by atoms with Crippen LogP contribution in [-0.4, -0.2) is 30.0 Å². The Labute approximate surface area is 87.9 Å². The van der Waals surface area contributed by atoms with Crippen molar-refractivity contribution in [2.45, 2.75) is 44.4 Å². The first-order chi connectivity index (χ1) is 6.89. The van der Waals surface area contributed by atoms with Gasteiger partial charge in [0.15, 0.2) is 5.60 Å². The summed E-state index contributed by atoms with van der Waals surface area (Å²) in [4.78, 5) is 0. The fourth-order valence-electron chi connectivity index (χ4n) is 1.99. The molecule has 0 amide bonds. The van der Waals surface area contributed by atoms with Gasteiger partial charge < -0.3 is 10.4 Å². The van der Waals surface area contributed by atoms with Crippen molar-refractivity contribution in [3.05, 3.63) is 0 Å². The minimum Gasteiger partial charge on any atom is -0.380 e. The molecule has 2 N–H and O–H groups in total. The molecule has 5 heteroatoms. The van der Waals surface area contributed by atoms with Crippen LogP contribution in [0.15, 0.2) is 0 Å². The van der Waals surface area contributed by atoms with Gasteiger partial charge in [-0.15, -0.1) is 0 Å². The van der Waals surface area contributed by atoms with Crippen LogP contribution in [0, 0.1) is 5.92 Å². The molecule has 0 radical (unpaired) electrons. The quantitative estimate of drug-likeness (QED) is 0.770. The van der Waals surface area contributed by atoms with Crippen LogP contribution in [-0.2, 0) is 0 Å². The molecule has 0 unspecified atom stereocenters. The Hall–Kier alpha value is -0.290. The molecule has 1 saturated carbocycles. The summed E-state index contributed by atoms with van der Waals surface area (Å²) in [6, 6.07) is 0. The predicted molar refractivity (Wildman–Crippen MR) is 51.5 cm³/mol. The van der Waals surface area contributed by atoms with Crippen molar-refractivity contribution < 1.29 is 18.3 Å². The fraction of sp³-hybridized carbons (Fsp3) is 1.00. The second-order valence-electron chi connectivity index (χ2n) is 4.28. The van der Waals surface area contributed by atoms with E-state index in [1.54, 1.807) is 0 Å². The van der Waals surface area contributed by atoms with E-state index in [1.807, 2.05) is 6.92 Å². The van der Waals surface area contributed by atoms with E-state index in [0.717, 1.165) is 13.1 Å².